The van der Waals surface area contributed by atoms with Crippen LogP contribution in [0.25, 0.3) is 6.08 Å². The first-order chi connectivity index (χ1) is 21.9. The minimum absolute atomic E-state index is 0.0849. The third-order valence-electron chi connectivity index (χ3n) is 6.60. The molecule has 3 aromatic carbocycles. The van der Waals surface area contributed by atoms with Gasteiger partial charge in [0.1, 0.15) is 12.3 Å². The second-order valence-electron chi connectivity index (χ2n) is 9.58. The number of amides is 4. The number of ether oxygens (including phenoxy) is 1. The lowest BCUT2D eigenvalue weighted by atomic mass is 10.1. The molecule has 12 nitrogen and oxygen atoms in total. The highest BCUT2D eigenvalue weighted by Gasteiger charge is 2.36. The molecule has 4 rings (SSSR count). The van der Waals surface area contributed by atoms with Crippen LogP contribution in [0, 0.1) is 27.6 Å². The second-order valence-corrected chi connectivity index (χ2v) is 10.6. The van der Waals surface area contributed by atoms with Crippen molar-refractivity contribution in [1.29, 1.82) is 0 Å². The van der Waals surface area contributed by atoms with Crippen molar-refractivity contribution in [2.45, 2.75) is 13.8 Å². The van der Waals surface area contributed by atoms with Gasteiger partial charge in [0.15, 0.2) is 24.1 Å². The quantitative estimate of drug-likeness (QED) is 0.111. The van der Waals surface area contributed by atoms with Gasteiger partial charge in [-0.1, -0.05) is 6.07 Å². The van der Waals surface area contributed by atoms with Gasteiger partial charge in [-0.25, -0.2) is 13.2 Å². The number of halogens is 3. The van der Waals surface area contributed by atoms with Crippen molar-refractivity contribution in [3.8, 4) is 5.75 Å². The number of hydrogen-bond donors (Lipinski definition) is 2. The Morgan fingerprint density at radius 3 is 2.43 bits per heavy atom. The fourth-order valence-corrected chi connectivity index (χ4v) is 5.15. The average Bonchev–Trinajstić information content (AvgIpc) is 3.29. The first-order valence-corrected chi connectivity index (χ1v) is 14.5. The van der Waals surface area contributed by atoms with Crippen LogP contribution in [0.4, 0.5) is 40.7 Å². The molecule has 1 heterocycles. The van der Waals surface area contributed by atoms with E-state index in [1.54, 1.807) is 18.2 Å². The van der Waals surface area contributed by atoms with Crippen LogP contribution in [0.3, 0.4) is 0 Å². The zero-order valence-corrected chi connectivity index (χ0v) is 25.2. The summed E-state index contributed by atoms with van der Waals surface area (Å²) in [4.78, 5) is 63.8. The van der Waals surface area contributed by atoms with Gasteiger partial charge in [-0.2, -0.15) is 0 Å². The maximum Gasteiger partial charge on any atom is 0.294 e. The van der Waals surface area contributed by atoms with Crippen LogP contribution in [0.5, 0.6) is 5.75 Å². The second kappa shape index (κ2) is 14.6. The molecule has 0 aromatic heterocycles. The van der Waals surface area contributed by atoms with E-state index in [0.29, 0.717) is 41.4 Å². The highest BCUT2D eigenvalue weighted by atomic mass is 32.2. The van der Waals surface area contributed by atoms with E-state index in [1.807, 2.05) is 24.1 Å². The van der Waals surface area contributed by atoms with Crippen molar-refractivity contribution in [2.75, 3.05) is 41.8 Å². The number of anilines is 3. The molecule has 16 heteroatoms. The predicted octanol–water partition coefficient (Wildman–Crippen LogP) is 5.55. The van der Waals surface area contributed by atoms with Gasteiger partial charge in [-0.05, 0) is 62.0 Å². The molecule has 4 amide bonds. The standard InChI is InChI=1S/C30H26F3N5O7S/c1-3-36(4-2)19-9-8-17(23(14-19)45-16-26(40)34-18-6-5-7-20(13-18)38(43)44)12-24-29(41)37(30(42)46-24)15-25(39)35-22-11-10-21(31)27(32)28(22)33/h5-14H,3-4,15-16H2,1-2H3,(H,34,40)(H,35,39)/b24-12+. The molecule has 0 saturated carbocycles. The zero-order valence-electron chi connectivity index (χ0n) is 24.3. The summed E-state index contributed by atoms with van der Waals surface area (Å²) >= 11 is 0.525. The monoisotopic (exact) mass is 657 g/mol. The maximum absolute atomic E-state index is 14.0. The van der Waals surface area contributed by atoms with Crippen molar-refractivity contribution >= 4 is 63.5 Å². The van der Waals surface area contributed by atoms with Crippen molar-refractivity contribution in [1.82, 2.24) is 4.90 Å². The molecule has 0 bridgehead atoms. The van der Waals surface area contributed by atoms with Crippen molar-refractivity contribution in [2.24, 2.45) is 0 Å². The number of benzene rings is 3. The molecule has 1 aliphatic rings. The SMILES string of the molecule is CCN(CC)c1ccc(/C=C2/SC(=O)N(CC(=O)Nc3ccc(F)c(F)c3F)C2=O)c(OCC(=O)Nc2cccc([N+](=O)[O-])c2)c1. The highest BCUT2D eigenvalue weighted by Crippen LogP contribution is 2.35. The largest absolute Gasteiger partial charge is 0.483 e. The molecule has 0 radical (unpaired) electrons. The fourth-order valence-electron chi connectivity index (χ4n) is 4.32. The van der Waals surface area contributed by atoms with Crippen LogP contribution >= 0.6 is 11.8 Å². The number of rotatable bonds is 12. The number of nitro groups is 1. The number of carbonyl (C=O) groups excluding carboxylic acids is 4. The average molecular weight is 658 g/mol. The number of thioether (sulfide) groups is 1. The van der Waals surface area contributed by atoms with Crippen LogP contribution < -0.4 is 20.3 Å². The molecule has 1 saturated heterocycles. The summed E-state index contributed by atoms with van der Waals surface area (Å²) in [5.74, 6) is -7.21. The Morgan fingerprint density at radius 1 is 1.00 bits per heavy atom. The molecule has 0 spiro atoms. The number of nitrogens with one attached hydrogen (secondary N) is 2. The van der Waals surface area contributed by atoms with Crippen molar-refractivity contribution in [3.05, 3.63) is 92.6 Å². The van der Waals surface area contributed by atoms with E-state index in [-0.39, 0.29) is 22.0 Å². The Labute approximate surface area is 264 Å². The molecule has 0 aliphatic carbocycles. The molecule has 1 aliphatic heterocycles. The number of nitrogens with zero attached hydrogens (tertiary/aromatic N) is 3. The normalized spacial score (nSPS) is 13.6. The van der Waals surface area contributed by atoms with E-state index in [2.05, 4.69) is 5.32 Å². The van der Waals surface area contributed by atoms with Crippen LogP contribution in [-0.2, 0) is 14.4 Å². The minimum Gasteiger partial charge on any atom is -0.483 e. The topological polar surface area (TPSA) is 151 Å². The highest BCUT2D eigenvalue weighted by molar-refractivity contribution is 8.18. The Hall–Kier alpha value is -5.38. The molecular weight excluding hydrogens is 631 g/mol. The summed E-state index contributed by atoms with van der Waals surface area (Å²) in [6, 6.07) is 11.8. The predicted molar refractivity (Wildman–Crippen MR) is 165 cm³/mol. The van der Waals surface area contributed by atoms with E-state index in [9.17, 15) is 42.5 Å². The summed E-state index contributed by atoms with van der Waals surface area (Å²) in [6.45, 7) is 3.85. The van der Waals surface area contributed by atoms with E-state index in [4.69, 9.17) is 4.74 Å². The van der Waals surface area contributed by atoms with Gasteiger partial charge in [-0.15, -0.1) is 0 Å². The molecule has 3 aromatic rings. The summed E-state index contributed by atoms with van der Waals surface area (Å²) in [5.41, 5.74) is 0.361. The van der Waals surface area contributed by atoms with Gasteiger partial charge in [-0.3, -0.25) is 34.2 Å². The summed E-state index contributed by atoms with van der Waals surface area (Å²) in [5, 5.41) is 14.8. The van der Waals surface area contributed by atoms with Gasteiger partial charge in [0.25, 0.3) is 22.7 Å². The van der Waals surface area contributed by atoms with Crippen LogP contribution in [0.15, 0.2) is 59.5 Å². The molecule has 0 atom stereocenters. The molecule has 0 unspecified atom stereocenters. The number of hydrogen-bond acceptors (Lipinski definition) is 9. The van der Waals surface area contributed by atoms with E-state index >= 15 is 0 Å². The van der Waals surface area contributed by atoms with Crippen molar-refractivity contribution < 1.29 is 42.0 Å². The van der Waals surface area contributed by atoms with E-state index < -0.39 is 64.2 Å². The zero-order chi connectivity index (χ0) is 33.5. The Bertz CT molecular complexity index is 1750. The molecule has 2 N–H and O–H groups in total. The lowest BCUT2D eigenvalue weighted by Gasteiger charge is -2.22. The molecule has 1 fully saturated rings. The first kappa shape index (κ1) is 33.5. The molecule has 46 heavy (non-hydrogen) atoms. The number of imide groups is 1. The summed E-state index contributed by atoms with van der Waals surface area (Å²) < 4.78 is 46.5. The van der Waals surface area contributed by atoms with Gasteiger partial charge in [0.05, 0.1) is 15.5 Å². The lowest BCUT2D eigenvalue weighted by molar-refractivity contribution is -0.384. The first-order valence-electron chi connectivity index (χ1n) is 13.7. The third-order valence-corrected chi connectivity index (χ3v) is 7.50. The maximum atomic E-state index is 14.0. The van der Waals surface area contributed by atoms with Crippen LogP contribution in [-0.4, -0.2) is 59.0 Å². The number of nitro benzene ring substituents is 1. The Kier molecular flexibility index (Phi) is 10.6. The number of non-ortho nitro benzene ring substituents is 1. The molecular formula is C30H26F3N5O7S. The minimum atomic E-state index is -1.79. The number of carbonyl (C=O) groups is 4. The van der Waals surface area contributed by atoms with Crippen molar-refractivity contribution in [3.63, 3.8) is 0 Å². The van der Waals surface area contributed by atoms with E-state index in [0.717, 1.165) is 11.8 Å². The third kappa shape index (κ3) is 7.82. The van der Waals surface area contributed by atoms with Crippen LogP contribution in [0.2, 0.25) is 0 Å². The summed E-state index contributed by atoms with van der Waals surface area (Å²) in [7, 11) is 0. The smallest absolute Gasteiger partial charge is 0.294 e. The van der Waals surface area contributed by atoms with Gasteiger partial charge in [0.2, 0.25) is 5.91 Å². The summed E-state index contributed by atoms with van der Waals surface area (Å²) in [6.07, 6.45) is 1.34. The van der Waals surface area contributed by atoms with Gasteiger partial charge < -0.3 is 20.3 Å². The van der Waals surface area contributed by atoms with Gasteiger partial charge in [0, 0.05) is 48.2 Å². The Morgan fingerprint density at radius 2 is 1.74 bits per heavy atom. The van der Waals surface area contributed by atoms with Crippen LogP contribution in [0.1, 0.15) is 19.4 Å². The van der Waals surface area contributed by atoms with E-state index in [1.165, 1.54) is 30.3 Å². The Balaban J connectivity index is 1.52. The fraction of sp³-hybridized carbons (Fsp3) is 0.200. The van der Waals surface area contributed by atoms with Gasteiger partial charge >= 0.3 is 0 Å². The molecule has 240 valence electrons. The lowest BCUT2D eigenvalue weighted by Crippen LogP contribution is -2.36.